The lowest BCUT2D eigenvalue weighted by atomic mass is 10.1. The monoisotopic (exact) mass is 311 g/mol. The highest BCUT2D eigenvalue weighted by atomic mass is 16.4. The largest absolute Gasteiger partial charge is 0.480 e. The summed E-state index contributed by atoms with van der Waals surface area (Å²) in [5.41, 5.74) is 0. The molecule has 8 heteroatoms. The molecule has 3 amide bonds. The highest BCUT2D eigenvalue weighted by Gasteiger charge is 2.35. The van der Waals surface area contributed by atoms with E-state index in [0.29, 0.717) is 26.1 Å². The molecule has 8 nitrogen and oxygen atoms in total. The summed E-state index contributed by atoms with van der Waals surface area (Å²) in [4.78, 5) is 50.9. The van der Waals surface area contributed by atoms with Crippen LogP contribution < -0.4 is 0 Å². The molecule has 0 unspecified atom stereocenters. The van der Waals surface area contributed by atoms with Crippen molar-refractivity contribution in [3.8, 4) is 0 Å². The van der Waals surface area contributed by atoms with Gasteiger partial charge in [0.15, 0.2) is 0 Å². The van der Waals surface area contributed by atoms with Crippen molar-refractivity contribution in [1.82, 2.24) is 14.7 Å². The first-order valence-corrected chi connectivity index (χ1v) is 7.48. The van der Waals surface area contributed by atoms with Gasteiger partial charge < -0.3 is 19.8 Å². The maximum absolute atomic E-state index is 12.2. The molecule has 0 saturated carbocycles. The molecule has 1 atom stereocenters. The Bertz CT molecular complexity index is 493. The van der Waals surface area contributed by atoms with Crippen molar-refractivity contribution in [2.75, 3.05) is 32.7 Å². The van der Waals surface area contributed by atoms with Crippen molar-refractivity contribution in [1.29, 1.82) is 0 Å². The van der Waals surface area contributed by atoms with Crippen LogP contribution in [0.25, 0.3) is 0 Å². The molecule has 0 aromatic heterocycles. The van der Waals surface area contributed by atoms with Crippen molar-refractivity contribution < 1.29 is 24.3 Å². The predicted molar refractivity (Wildman–Crippen MR) is 75.8 cm³/mol. The fourth-order valence-electron chi connectivity index (χ4n) is 2.91. The summed E-state index contributed by atoms with van der Waals surface area (Å²) in [6.07, 6.45) is 1.56. The van der Waals surface area contributed by atoms with Crippen LogP contribution in [-0.4, -0.2) is 82.3 Å². The van der Waals surface area contributed by atoms with Crippen LogP contribution in [0.15, 0.2) is 0 Å². The Morgan fingerprint density at radius 3 is 2.50 bits per heavy atom. The Balaban J connectivity index is 1.87. The van der Waals surface area contributed by atoms with Crippen LogP contribution in [0.5, 0.6) is 0 Å². The number of amides is 3. The van der Waals surface area contributed by atoms with Gasteiger partial charge in [0, 0.05) is 39.0 Å². The Morgan fingerprint density at radius 2 is 1.91 bits per heavy atom. The first-order valence-electron chi connectivity index (χ1n) is 7.48. The number of carbonyl (C=O) groups is 4. The van der Waals surface area contributed by atoms with Crippen LogP contribution >= 0.6 is 0 Å². The van der Waals surface area contributed by atoms with E-state index in [9.17, 15) is 19.2 Å². The lowest BCUT2D eigenvalue weighted by Crippen LogP contribution is -2.58. The van der Waals surface area contributed by atoms with Gasteiger partial charge in [0.1, 0.15) is 12.6 Å². The van der Waals surface area contributed by atoms with Gasteiger partial charge in [0.25, 0.3) is 0 Å². The number of likely N-dealkylation sites (tertiary alicyclic amines) is 1. The molecule has 0 radical (unpaired) electrons. The van der Waals surface area contributed by atoms with Crippen molar-refractivity contribution in [2.24, 2.45) is 0 Å². The quantitative estimate of drug-likeness (QED) is 0.712. The van der Waals surface area contributed by atoms with E-state index >= 15 is 0 Å². The maximum Gasteiger partial charge on any atom is 0.323 e. The number of piperazine rings is 1. The third-order valence-electron chi connectivity index (χ3n) is 4.16. The standard InChI is InChI=1S/C14H21N3O5/c1-10-14(22)16(9-13(20)21)7-8-17(10)12(19)4-6-15-5-2-3-11(15)18/h10H,2-9H2,1H3,(H,20,21)/t10-/m0/s1. The normalized spacial score (nSPS) is 22.4. The Morgan fingerprint density at radius 1 is 1.18 bits per heavy atom. The van der Waals surface area contributed by atoms with Gasteiger partial charge in [-0.15, -0.1) is 0 Å². The van der Waals surface area contributed by atoms with Crippen LogP contribution in [0.2, 0.25) is 0 Å². The molecule has 1 N–H and O–H groups in total. The maximum atomic E-state index is 12.2. The Labute approximate surface area is 128 Å². The SMILES string of the molecule is C[C@H]1C(=O)N(CC(=O)O)CCN1C(=O)CCN1CCCC1=O. The number of carboxylic acid groups (broad SMARTS) is 1. The molecule has 0 spiro atoms. The molecule has 0 bridgehead atoms. The molecule has 0 aromatic rings. The van der Waals surface area contributed by atoms with E-state index in [-0.39, 0.29) is 37.2 Å². The Kier molecular flexibility index (Phi) is 4.99. The number of aliphatic carboxylic acids is 1. The van der Waals surface area contributed by atoms with E-state index in [2.05, 4.69) is 0 Å². The van der Waals surface area contributed by atoms with Gasteiger partial charge in [0.2, 0.25) is 17.7 Å². The van der Waals surface area contributed by atoms with E-state index in [1.54, 1.807) is 11.8 Å². The van der Waals surface area contributed by atoms with Gasteiger partial charge >= 0.3 is 5.97 Å². The summed E-state index contributed by atoms with van der Waals surface area (Å²) in [5, 5.41) is 8.76. The second-order valence-electron chi connectivity index (χ2n) is 5.65. The Hall–Kier alpha value is -2.12. The summed E-state index contributed by atoms with van der Waals surface area (Å²) in [7, 11) is 0. The van der Waals surface area contributed by atoms with Gasteiger partial charge in [-0.1, -0.05) is 0 Å². The number of rotatable bonds is 5. The van der Waals surface area contributed by atoms with E-state index < -0.39 is 12.0 Å². The van der Waals surface area contributed by atoms with Crippen molar-refractivity contribution >= 4 is 23.7 Å². The molecule has 22 heavy (non-hydrogen) atoms. The summed E-state index contributed by atoms with van der Waals surface area (Å²) in [6, 6.07) is -0.658. The van der Waals surface area contributed by atoms with Gasteiger partial charge in [-0.2, -0.15) is 0 Å². The molecule has 0 aromatic carbocycles. The van der Waals surface area contributed by atoms with Crippen LogP contribution in [0.3, 0.4) is 0 Å². The summed E-state index contributed by atoms with van der Waals surface area (Å²) in [6.45, 7) is 2.89. The van der Waals surface area contributed by atoms with E-state index in [4.69, 9.17) is 5.11 Å². The lowest BCUT2D eigenvalue weighted by Gasteiger charge is -2.38. The van der Waals surface area contributed by atoms with E-state index in [1.165, 1.54) is 9.80 Å². The molecular formula is C14H21N3O5. The molecular weight excluding hydrogens is 290 g/mol. The van der Waals surface area contributed by atoms with E-state index in [0.717, 1.165) is 6.42 Å². The van der Waals surface area contributed by atoms with Gasteiger partial charge in [0.05, 0.1) is 0 Å². The first kappa shape index (κ1) is 16.3. The summed E-state index contributed by atoms with van der Waals surface area (Å²) < 4.78 is 0. The van der Waals surface area contributed by atoms with Crippen LogP contribution in [0, 0.1) is 0 Å². The molecule has 2 aliphatic rings. The van der Waals surface area contributed by atoms with Crippen molar-refractivity contribution in [2.45, 2.75) is 32.2 Å². The number of hydrogen-bond donors (Lipinski definition) is 1. The van der Waals surface area contributed by atoms with Gasteiger partial charge in [-0.05, 0) is 13.3 Å². The van der Waals surface area contributed by atoms with Crippen LogP contribution in [-0.2, 0) is 19.2 Å². The van der Waals surface area contributed by atoms with Gasteiger partial charge in [-0.25, -0.2) is 0 Å². The van der Waals surface area contributed by atoms with Crippen molar-refractivity contribution in [3.63, 3.8) is 0 Å². The van der Waals surface area contributed by atoms with Crippen LogP contribution in [0.4, 0.5) is 0 Å². The minimum atomic E-state index is -1.06. The zero-order valence-electron chi connectivity index (χ0n) is 12.7. The molecule has 0 aliphatic carbocycles. The zero-order chi connectivity index (χ0) is 16.3. The van der Waals surface area contributed by atoms with Crippen molar-refractivity contribution in [3.05, 3.63) is 0 Å². The minimum Gasteiger partial charge on any atom is -0.480 e. The fraction of sp³-hybridized carbons (Fsp3) is 0.714. The number of nitrogens with zero attached hydrogens (tertiary/aromatic N) is 3. The molecule has 2 aliphatic heterocycles. The number of carboxylic acids is 1. The third-order valence-corrected chi connectivity index (χ3v) is 4.16. The zero-order valence-corrected chi connectivity index (χ0v) is 12.7. The first-order chi connectivity index (χ1) is 10.4. The van der Waals surface area contributed by atoms with Gasteiger partial charge in [-0.3, -0.25) is 19.2 Å². The van der Waals surface area contributed by atoms with Crippen LogP contribution in [0.1, 0.15) is 26.2 Å². The topological polar surface area (TPSA) is 98.2 Å². The fourth-order valence-corrected chi connectivity index (χ4v) is 2.91. The molecule has 2 fully saturated rings. The third kappa shape index (κ3) is 3.55. The van der Waals surface area contributed by atoms with E-state index in [1.807, 2.05) is 0 Å². The number of carbonyl (C=O) groups excluding carboxylic acids is 3. The minimum absolute atomic E-state index is 0.0724. The second-order valence-corrected chi connectivity index (χ2v) is 5.65. The smallest absolute Gasteiger partial charge is 0.323 e. The molecule has 2 heterocycles. The summed E-state index contributed by atoms with van der Waals surface area (Å²) in [5.74, 6) is -1.51. The predicted octanol–water partition coefficient (Wildman–Crippen LogP) is -0.857. The summed E-state index contributed by atoms with van der Waals surface area (Å²) >= 11 is 0. The molecule has 2 saturated heterocycles. The second kappa shape index (κ2) is 6.76. The number of hydrogen-bond acceptors (Lipinski definition) is 4. The average molecular weight is 311 g/mol. The molecule has 122 valence electrons. The average Bonchev–Trinajstić information content (AvgIpc) is 2.86. The molecule has 2 rings (SSSR count). The lowest BCUT2D eigenvalue weighted by molar-refractivity contribution is -0.154. The highest BCUT2D eigenvalue weighted by molar-refractivity contribution is 5.90. The highest BCUT2D eigenvalue weighted by Crippen LogP contribution is 2.14.